The maximum atomic E-state index is 4.53. The molecule has 4 nitrogen and oxygen atoms in total. The third-order valence-electron chi connectivity index (χ3n) is 2.59. The Bertz CT molecular complexity index is 705. The number of nitrogens with one attached hydrogen (secondary N) is 1. The SMILES string of the molecule is Cc1csc(Nc2nccc3ccc(C)nc23)n1. The zero-order valence-electron chi connectivity index (χ0n) is 10.1. The van der Waals surface area contributed by atoms with Crippen molar-refractivity contribution >= 4 is 33.2 Å². The molecule has 5 heteroatoms. The smallest absolute Gasteiger partial charge is 0.188 e. The van der Waals surface area contributed by atoms with Crippen LogP contribution in [0.4, 0.5) is 10.9 Å². The first-order valence-corrected chi connectivity index (χ1v) is 6.52. The van der Waals surface area contributed by atoms with E-state index in [1.807, 2.05) is 31.4 Å². The second kappa shape index (κ2) is 4.34. The molecule has 3 heterocycles. The van der Waals surface area contributed by atoms with Crippen molar-refractivity contribution in [2.75, 3.05) is 5.32 Å². The molecule has 1 N–H and O–H groups in total. The molecule has 0 fully saturated rings. The van der Waals surface area contributed by atoms with E-state index in [1.54, 1.807) is 17.5 Å². The predicted molar refractivity (Wildman–Crippen MR) is 74.4 cm³/mol. The second-order valence-electron chi connectivity index (χ2n) is 4.10. The van der Waals surface area contributed by atoms with Crippen molar-refractivity contribution < 1.29 is 0 Å². The minimum atomic E-state index is 0.755. The lowest BCUT2D eigenvalue weighted by atomic mass is 10.2. The lowest BCUT2D eigenvalue weighted by Crippen LogP contribution is -1.96. The van der Waals surface area contributed by atoms with E-state index in [0.29, 0.717) is 0 Å². The van der Waals surface area contributed by atoms with Gasteiger partial charge in [0.05, 0.1) is 5.69 Å². The first-order valence-electron chi connectivity index (χ1n) is 5.64. The van der Waals surface area contributed by atoms with Gasteiger partial charge in [-0.2, -0.15) is 0 Å². The first-order chi connectivity index (χ1) is 8.72. The molecule has 3 rings (SSSR count). The molecule has 0 aromatic carbocycles. The van der Waals surface area contributed by atoms with E-state index in [1.165, 1.54) is 0 Å². The van der Waals surface area contributed by atoms with Crippen LogP contribution in [0.5, 0.6) is 0 Å². The van der Waals surface area contributed by atoms with E-state index in [4.69, 9.17) is 0 Å². The molecular weight excluding hydrogens is 244 g/mol. The molecule has 3 aromatic heterocycles. The maximum absolute atomic E-state index is 4.53. The van der Waals surface area contributed by atoms with Crippen LogP contribution in [0.1, 0.15) is 11.4 Å². The number of pyridine rings is 2. The zero-order valence-corrected chi connectivity index (χ0v) is 11.0. The Morgan fingerprint density at radius 2 is 1.94 bits per heavy atom. The Hall–Kier alpha value is -2.01. The molecule has 0 aliphatic rings. The Morgan fingerprint density at radius 1 is 1.06 bits per heavy atom. The summed E-state index contributed by atoms with van der Waals surface area (Å²) in [5.41, 5.74) is 2.87. The summed E-state index contributed by atoms with van der Waals surface area (Å²) < 4.78 is 0. The van der Waals surface area contributed by atoms with Crippen LogP contribution in [-0.2, 0) is 0 Å². The van der Waals surface area contributed by atoms with Gasteiger partial charge in [0.25, 0.3) is 0 Å². The van der Waals surface area contributed by atoms with Gasteiger partial charge in [0.1, 0.15) is 5.52 Å². The summed E-state index contributed by atoms with van der Waals surface area (Å²) in [5, 5.41) is 7.15. The fourth-order valence-electron chi connectivity index (χ4n) is 1.75. The van der Waals surface area contributed by atoms with E-state index < -0.39 is 0 Å². The van der Waals surface area contributed by atoms with Gasteiger partial charge in [0.2, 0.25) is 0 Å². The fourth-order valence-corrected chi connectivity index (χ4v) is 2.44. The van der Waals surface area contributed by atoms with Crippen molar-refractivity contribution in [3.05, 3.63) is 41.2 Å². The number of nitrogens with zero attached hydrogens (tertiary/aromatic N) is 3. The standard InChI is InChI=1S/C13H12N4S/c1-8-3-4-10-5-6-14-12(11(10)15-8)17-13-16-9(2)7-18-13/h3-7H,1-2H3,(H,14,16,17). The molecule has 0 saturated heterocycles. The van der Waals surface area contributed by atoms with Gasteiger partial charge in [-0.05, 0) is 26.0 Å². The average Bonchev–Trinajstić information content (AvgIpc) is 2.76. The largest absolute Gasteiger partial charge is 0.314 e. The zero-order chi connectivity index (χ0) is 12.5. The lowest BCUT2D eigenvalue weighted by molar-refractivity contribution is 1.21. The van der Waals surface area contributed by atoms with Crippen molar-refractivity contribution in [3.8, 4) is 0 Å². The van der Waals surface area contributed by atoms with Crippen molar-refractivity contribution in [1.82, 2.24) is 15.0 Å². The molecule has 90 valence electrons. The van der Waals surface area contributed by atoms with E-state index in [9.17, 15) is 0 Å². The van der Waals surface area contributed by atoms with Gasteiger partial charge in [-0.15, -0.1) is 11.3 Å². The number of aryl methyl sites for hydroxylation is 2. The summed E-state index contributed by atoms with van der Waals surface area (Å²) >= 11 is 1.57. The van der Waals surface area contributed by atoms with Crippen LogP contribution in [0.2, 0.25) is 0 Å². The Balaban J connectivity index is 2.08. The van der Waals surface area contributed by atoms with Crippen LogP contribution < -0.4 is 5.32 Å². The number of anilines is 2. The number of hydrogen-bond acceptors (Lipinski definition) is 5. The van der Waals surface area contributed by atoms with Crippen LogP contribution in [0.25, 0.3) is 10.9 Å². The molecule has 0 aliphatic carbocycles. The minimum absolute atomic E-state index is 0.755. The highest BCUT2D eigenvalue weighted by molar-refractivity contribution is 7.13. The van der Waals surface area contributed by atoms with Crippen molar-refractivity contribution in [2.24, 2.45) is 0 Å². The van der Waals surface area contributed by atoms with Gasteiger partial charge in [-0.1, -0.05) is 6.07 Å². The third kappa shape index (κ3) is 2.04. The number of hydrogen-bond donors (Lipinski definition) is 1. The summed E-state index contributed by atoms with van der Waals surface area (Å²) in [4.78, 5) is 13.3. The van der Waals surface area contributed by atoms with E-state index in [0.717, 1.165) is 33.2 Å². The molecule has 0 radical (unpaired) electrons. The van der Waals surface area contributed by atoms with Crippen molar-refractivity contribution in [3.63, 3.8) is 0 Å². The first kappa shape index (κ1) is 11.1. The van der Waals surface area contributed by atoms with Crippen LogP contribution in [0, 0.1) is 13.8 Å². The van der Waals surface area contributed by atoms with Gasteiger partial charge >= 0.3 is 0 Å². The molecular formula is C13H12N4S. The molecule has 0 saturated carbocycles. The topological polar surface area (TPSA) is 50.7 Å². The second-order valence-corrected chi connectivity index (χ2v) is 4.96. The highest BCUT2D eigenvalue weighted by atomic mass is 32.1. The Kier molecular flexibility index (Phi) is 2.68. The molecule has 0 atom stereocenters. The summed E-state index contributed by atoms with van der Waals surface area (Å²) in [6.45, 7) is 3.95. The summed E-state index contributed by atoms with van der Waals surface area (Å²) in [7, 11) is 0. The van der Waals surface area contributed by atoms with Gasteiger partial charge in [-0.25, -0.2) is 15.0 Å². The van der Waals surface area contributed by atoms with E-state index in [2.05, 4.69) is 26.3 Å². The normalized spacial score (nSPS) is 10.8. The number of rotatable bonds is 2. The highest BCUT2D eigenvalue weighted by Crippen LogP contribution is 2.24. The summed E-state index contributed by atoms with van der Waals surface area (Å²) in [6, 6.07) is 6.01. The predicted octanol–water partition coefficient (Wildman–Crippen LogP) is 3.45. The van der Waals surface area contributed by atoms with Crippen molar-refractivity contribution in [1.29, 1.82) is 0 Å². The monoisotopic (exact) mass is 256 g/mol. The Labute approximate surface area is 109 Å². The Morgan fingerprint density at radius 3 is 2.72 bits per heavy atom. The van der Waals surface area contributed by atoms with Gasteiger partial charge < -0.3 is 5.32 Å². The average molecular weight is 256 g/mol. The van der Waals surface area contributed by atoms with Gasteiger partial charge in [-0.3, -0.25) is 0 Å². The van der Waals surface area contributed by atoms with Crippen LogP contribution >= 0.6 is 11.3 Å². The van der Waals surface area contributed by atoms with Gasteiger partial charge in [0, 0.05) is 22.7 Å². The summed E-state index contributed by atoms with van der Waals surface area (Å²) in [5.74, 6) is 0.755. The molecule has 18 heavy (non-hydrogen) atoms. The van der Waals surface area contributed by atoms with Gasteiger partial charge in [0.15, 0.2) is 10.9 Å². The van der Waals surface area contributed by atoms with E-state index >= 15 is 0 Å². The summed E-state index contributed by atoms with van der Waals surface area (Å²) in [6.07, 6.45) is 1.78. The molecule has 0 spiro atoms. The minimum Gasteiger partial charge on any atom is -0.314 e. The number of thiazole rings is 1. The quantitative estimate of drug-likeness (QED) is 0.763. The number of fused-ring (bicyclic) bond motifs is 1. The van der Waals surface area contributed by atoms with Crippen LogP contribution in [0.15, 0.2) is 29.8 Å². The van der Waals surface area contributed by atoms with Crippen LogP contribution in [-0.4, -0.2) is 15.0 Å². The number of aromatic nitrogens is 3. The van der Waals surface area contributed by atoms with Crippen LogP contribution in [0.3, 0.4) is 0 Å². The molecule has 0 aliphatic heterocycles. The molecule has 0 unspecified atom stereocenters. The maximum Gasteiger partial charge on any atom is 0.188 e. The molecule has 0 amide bonds. The molecule has 3 aromatic rings. The lowest BCUT2D eigenvalue weighted by Gasteiger charge is -2.05. The fraction of sp³-hybridized carbons (Fsp3) is 0.154. The van der Waals surface area contributed by atoms with E-state index in [-0.39, 0.29) is 0 Å². The van der Waals surface area contributed by atoms with Crippen molar-refractivity contribution in [2.45, 2.75) is 13.8 Å². The highest BCUT2D eigenvalue weighted by Gasteiger charge is 2.06. The molecule has 0 bridgehead atoms. The third-order valence-corrected chi connectivity index (χ3v) is 3.47.